The van der Waals surface area contributed by atoms with E-state index < -0.39 is 17.6 Å². The third kappa shape index (κ3) is 6.68. The summed E-state index contributed by atoms with van der Waals surface area (Å²) in [5.41, 5.74) is 3.62. The highest BCUT2D eigenvalue weighted by molar-refractivity contribution is 6.39. The highest BCUT2D eigenvalue weighted by Gasteiger charge is 2.13. The number of hydrogen-bond donors (Lipinski definition) is 2. The van der Waals surface area contributed by atoms with Crippen molar-refractivity contribution in [3.05, 3.63) is 87.7 Å². The third-order valence-corrected chi connectivity index (χ3v) is 5.02. The number of rotatable bonds is 7. The van der Waals surface area contributed by atoms with Crippen molar-refractivity contribution < 1.29 is 23.5 Å². The summed E-state index contributed by atoms with van der Waals surface area (Å²) in [4.78, 5) is 23.8. The predicted octanol–water partition coefficient (Wildman–Crippen LogP) is 4.81. The molecule has 0 fully saturated rings. The number of benzene rings is 3. The van der Waals surface area contributed by atoms with Crippen molar-refractivity contribution in [3.8, 4) is 11.5 Å². The molecule has 3 aromatic rings. The molecule has 0 heterocycles. The van der Waals surface area contributed by atoms with Gasteiger partial charge in [0, 0.05) is 21.3 Å². The van der Waals surface area contributed by atoms with Crippen LogP contribution in [-0.2, 0) is 16.2 Å². The molecule has 0 radical (unpaired) electrons. The predicted molar refractivity (Wildman–Crippen MR) is 125 cm³/mol. The fourth-order valence-electron chi connectivity index (χ4n) is 2.64. The lowest BCUT2D eigenvalue weighted by Crippen LogP contribution is -2.32. The van der Waals surface area contributed by atoms with Crippen molar-refractivity contribution in [3.63, 3.8) is 0 Å². The molecule has 0 spiro atoms. The number of nitrogens with zero attached hydrogens (tertiary/aromatic N) is 1. The maximum Gasteiger partial charge on any atom is 0.329 e. The van der Waals surface area contributed by atoms with Gasteiger partial charge >= 0.3 is 11.8 Å². The van der Waals surface area contributed by atoms with Gasteiger partial charge in [-0.2, -0.15) is 5.10 Å². The molecule has 0 aliphatic heterocycles. The molecule has 0 bridgehead atoms. The zero-order chi connectivity index (χ0) is 23.8. The van der Waals surface area contributed by atoms with E-state index in [1.165, 1.54) is 25.5 Å². The molecular weight excluding hydrogens is 472 g/mol. The summed E-state index contributed by atoms with van der Waals surface area (Å²) in [6.45, 7) is 0.140. The number of halogens is 3. The van der Waals surface area contributed by atoms with Gasteiger partial charge in [-0.25, -0.2) is 9.82 Å². The van der Waals surface area contributed by atoms with Crippen molar-refractivity contribution in [2.75, 3.05) is 12.4 Å². The average Bonchev–Trinajstić information content (AvgIpc) is 2.80. The normalized spacial score (nSPS) is 10.7. The largest absolute Gasteiger partial charge is 0.493 e. The van der Waals surface area contributed by atoms with E-state index in [1.54, 1.807) is 36.4 Å². The lowest BCUT2D eigenvalue weighted by Gasteiger charge is -2.13. The number of carbonyl (C=O) groups excluding carboxylic acids is 2. The van der Waals surface area contributed by atoms with Crippen molar-refractivity contribution >= 4 is 46.9 Å². The van der Waals surface area contributed by atoms with Gasteiger partial charge in [0.25, 0.3) is 0 Å². The number of anilines is 1. The first-order valence-electron chi connectivity index (χ1n) is 9.51. The SMILES string of the molecule is COc1cc(/C=N\NC(=O)C(=O)Nc2ccc(F)cc2)ccc1OCc1c(Cl)cccc1Cl. The van der Waals surface area contributed by atoms with E-state index in [0.717, 1.165) is 12.1 Å². The summed E-state index contributed by atoms with van der Waals surface area (Å²) in [7, 11) is 1.48. The molecular formula is C23H18Cl2FN3O4. The molecule has 3 rings (SSSR count). The minimum Gasteiger partial charge on any atom is -0.493 e. The summed E-state index contributed by atoms with van der Waals surface area (Å²) < 4.78 is 24.0. The molecule has 7 nitrogen and oxygen atoms in total. The lowest BCUT2D eigenvalue weighted by atomic mass is 10.2. The van der Waals surface area contributed by atoms with E-state index in [2.05, 4.69) is 15.8 Å². The second kappa shape index (κ2) is 11.3. The molecule has 2 N–H and O–H groups in total. The van der Waals surface area contributed by atoms with E-state index in [0.29, 0.717) is 32.7 Å². The summed E-state index contributed by atoms with van der Waals surface area (Å²) in [5.74, 6) is -1.52. The van der Waals surface area contributed by atoms with Gasteiger partial charge in [-0.1, -0.05) is 29.3 Å². The van der Waals surface area contributed by atoms with Gasteiger partial charge in [0.1, 0.15) is 12.4 Å². The van der Waals surface area contributed by atoms with Crippen LogP contribution in [0.1, 0.15) is 11.1 Å². The molecule has 0 aromatic heterocycles. The first-order valence-corrected chi connectivity index (χ1v) is 10.3. The highest BCUT2D eigenvalue weighted by Crippen LogP contribution is 2.31. The molecule has 2 amide bonds. The Morgan fingerprint density at radius 1 is 1.00 bits per heavy atom. The minimum absolute atomic E-state index is 0.140. The van der Waals surface area contributed by atoms with Gasteiger partial charge in [-0.3, -0.25) is 9.59 Å². The van der Waals surface area contributed by atoms with Crippen LogP contribution < -0.4 is 20.2 Å². The minimum atomic E-state index is -0.987. The summed E-state index contributed by atoms with van der Waals surface area (Å²) in [5, 5.41) is 7.08. The van der Waals surface area contributed by atoms with Crippen LogP contribution in [0.25, 0.3) is 0 Å². The molecule has 0 unspecified atom stereocenters. The standard InChI is InChI=1S/C23H18Cl2FN3O4/c1-32-21-11-14(5-10-20(21)33-13-17-18(24)3-2-4-19(17)25)12-27-29-23(31)22(30)28-16-8-6-15(26)7-9-16/h2-12H,13H2,1H3,(H,28,30)(H,29,31)/b27-12-. The van der Waals surface area contributed by atoms with Crippen LogP contribution in [0.15, 0.2) is 65.8 Å². The maximum absolute atomic E-state index is 12.9. The number of hydrogen-bond acceptors (Lipinski definition) is 5. The van der Waals surface area contributed by atoms with Crippen molar-refractivity contribution in [1.82, 2.24) is 5.43 Å². The monoisotopic (exact) mass is 489 g/mol. The second-order valence-corrected chi connectivity index (χ2v) is 7.37. The van der Waals surface area contributed by atoms with Crippen molar-refractivity contribution in [2.24, 2.45) is 5.10 Å². The Hall–Kier alpha value is -3.62. The van der Waals surface area contributed by atoms with Gasteiger partial charge in [0.05, 0.1) is 13.3 Å². The van der Waals surface area contributed by atoms with Crippen LogP contribution in [0.2, 0.25) is 10.0 Å². The molecule has 33 heavy (non-hydrogen) atoms. The van der Waals surface area contributed by atoms with Crippen LogP contribution in [0.3, 0.4) is 0 Å². The fourth-order valence-corrected chi connectivity index (χ4v) is 3.15. The van der Waals surface area contributed by atoms with Crippen LogP contribution in [0.5, 0.6) is 11.5 Å². The third-order valence-electron chi connectivity index (χ3n) is 4.31. The van der Waals surface area contributed by atoms with Crippen LogP contribution in [0, 0.1) is 5.82 Å². The van der Waals surface area contributed by atoms with Crippen molar-refractivity contribution in [1.29, 1.82) is 0 Å². The zero-order valence-electron chi connectivity index (χ0n) is 17.3. The summed E-state index contributed by atoms with van der Waals surface area (Å²) >= 11 is 12.3. The first-order chi connectivity index (χ1) is 15.9. The molecule has 0 saturated carbocycles. The van der Waals surface area contributed by atoms with E-state index in [1.807, 2.05) is 0 Å². The number of hydrazone groups is 1. The lowest BCUT2D eigenvalue weighted by molar-refractivity contribution is -0.136. The van der Waals surface area contributed by atoms with E-state index in [4.69, 9.17) is 32.7 Å². The van der Waals surface area contributed by atoms with Gasteiger partial charge in [-0.15, -0.1) is 0 Å². The number of nitrogens with one attached hydrogen (secondary N) is 2. The molecule has 10 heteroatoms. The van der Waals surface area contributed by atoms with Gasteiger partial charge < -0.3 is 14.8 Å². The summed E-state index contributed by atoms with van der Waals surface area (Å²) in [6, 6.07) is 15.2. The molecule has 0 atom stereocenters. The Morgan fingerprint density at radius 2 is 1.70 bits per heavy atom. The Kier molecular flexibility index (Phi) is 8.23. The van der Waals surface area contributed by atoms with Crippen molar-refractivity contribution in [2.45, 2.75) is 6.61 Å². The number of methoxy groups -OCH3 is 1. The summed E-state index contributed by atoms with van der Waals surface area (Å²) in [6.07, 6.45) is 1.33. The van der Waals surface area contributed by atoms with Crippen LogP contribution >= 0.6 is 23.2 Å². The molecule has 0 saturated heterocycles. The Bertz CT molecular complexity index is 1170. The Labute approximate surface area is 199 Å². The molecule has 0 aliphatic rings. The van der Waals surface area contributed by atoms with Gasteiger partial charge in [-0.05, 0) is 60.2 Å². The topological polar surface area (TPSA) is 89.0 Å². The Balaban J connectivity index is 1.59. The average molecular weight is 490 g/mol. The number of carbonyl (C=O) groups is 2. The maximum atomic E-state index is 12.9. The van der Waals surface area contributed by atoms with E-state index in [-0.39, 0.29) is 12.3 Å². The number of amides is 2. The molecule has 170 valence electrons. The molecule has 0 aliphatic carbocycles. The number of ether oxygens (including phenoxy) is 2. The zero-order valence-corrected chi connectivity index (χ0v) is 18.8. The second-order valence-electron chi connectivity index (χ2n) is 6.56. The fraction of sp³-hybridized carbons (Fsp3) is 0.0870. The van der Waals surface area contributed by atoms with E-state index >= 15 is 0 Å². The van der Waals surface area contributed by atoms with Gasteiger partial charge in [0.15, 0.2) is 11.5 Å². The first kappa shape index (κ1) is 24.0. The Morgan fingerprint density at radius 3 is 2.36 bits per heavy atom. The van der Waals surface area contributed by atoms with Crippen LogP contribution in [0.4, 0.5) is 10.1 Å². The highest BCUT2D eigenvalue weighted by atomic mass is 35.5. The van der Waals surface area contributed by atoms with Gasteiger partial charge in [0.2, 0.25) is 0 Å². The van der Waals surface area contributed by atoms with E-state index in [9.17, 15) is 14.0 Å². The smallest absolute Gasteiger partial charge is 0.329 e. The quantitative estimate of drug-likeness (QED) is 0.283. The molecule has 3 aromatic carbocycles. The van der Waals surface area contributed by atoms with Crippen LogP contribution in [-0.4, -0.2) is 25.1 Å².